The number of methoxy groups -OCH3 is 1. The molecule has 0 amide bonds. The number of ether oxygens (including phenoxy) is 1. The van der Waals surface area contributed by atoms with Gasteiger partial charge in [-0.25, -0.2) is 8.42 Å². The van der Waals surface area contributed by atoms with Crippen LogP contribution in [0, 0.1) is 11.3 Å². The van der Waals surface area contributed by atoms with E-state index in [-0.39, 0.29) is 22.4 Å². The van der Waals surface area contributed by atoms with Gasteiger partial charge in [0.25, 0.3) is 5.88 Å². The van der Waals surface area contributed by atoms with Crippen LogP contribution >= 0.6 is 0 Å². The zero-order valence-corrected chi connectivity index (χ0v) is 12.0. The standard InChI is InChI=1S/C11H18N4O3S/c1-8(2)19(16,17)6-4-5-13-10-9(7-12)11(18-3)15-14-10/h8H,4-6H2,1-3H3,(H2,13,14,15). The minimum absolute atomic E-state index is 0.116. The van der Waals surface area contributed by atoms with E-state index in [9.17, 15) is 8.42 Å². The molecule has 0 aliphatic carbocycles. The highest BCUT2D eigenvalue weighted by atomic mass is 32.2. The Morgan fingerprint density at radius 1 is 1.53 bits per heavy atom. The van der Waals surface area contributed by atoms with Crippen molar-refractivity contribution in [3.05, 3.63) is 5.56 Å². The van der Waals surface area contributed by atoms with E-state index < -0.39 is 9.84 Å². The predicted octanol–water partition coefficient (Wildman–Crippen LogP) is 0.915. The fraction of sp³-hybridized carbons (Fsp3) is 0.636. The van der Waals surface area contributed by atoms with Gasteiger partial charge in [0.05, 0.1) is 18.1 Å². The largest absolute Gasteiger partial charge is 0.479 e. The Balaban J connectivity index is 2.51. The molecule has 1 aromatic rings. The summed E-state index contributed by atoms with van der Waals surface area (Å²) in [5, 5.41) is 18.0. The first-order valence-corrected chi connectivity index (χ1v) is 7.61. The Hall–Kier alpha value is -1.75. The van der Waals surface area contributed by atoms with Gasteiger partial charge in [-0.15, -0.1) is 5.10 Å². The second-order valence-corrected chi connectivity index (χ2v) is 6.97. The van der Waals surface area contributed by atoms with Crippen molar-refractivity contribution < 1.29 is 13.2 Å². The maximum atomic E-state index is 11.6. The fourth-order valence-corrected chi connectivity index (χ4v) is 2.45. The van der Waals surface area contributed by atoms with Crippen LogP contribution in [0.25, 0.3) is 0 Å². The molecule has 1 aromatic heterocycles. The smallest absolute Gasteiger partial charge is 0.252 e. The van der Waals surface area contributed by atoms with Gasteiger partial charge in [-0.05, 0) is 20.3 Å². The van der Waals surface area contributed by atoms with Crippen LogP contribution in [0.1, 0.15) is 25.8 Å². The zero-order chi connectivity index (χ0) is 14.5. The molecule has 0 fully saturated rings. The van der Waals surface area contributed by atoms with Crippen molar-refractivity contribution in [3.8, 4) is 11.9 Å². The minimum atomic E-state index is -3.02. The number of H-pyrrole nitrogens is 1. The van der Waals surface area contributed by atoms with Gasteiger partial charge in [-0.1, -0.05) is 0 Å². The fourth-order valence-electron chi connectivity index (χ4n) is 1.43. The molecule has 0 spiro atoms. The van der Waals surface area contributed by atoms with Crippen LogP contribution in [-0.2, 0) is 9.84 Å². The van der Waals surface area contributed by atoms with Crippen LogP contribution in [0.3, 0.4) is 0 Å². The third kappa shape index (κ3) is 3.86. The molecular weight excluding hydrogens is 268 g/mol. The summed E-state index contributed by atoms with van der Waals surface area (Å²) in [6.45, 7) is 3.76. The van der Waals surface area contributed by atoms with Gasteiger partial charge in [0.2, 0.25) is 0 Å². The van der Waals surface area contributed by atoms with Crippen molar-refractivity contribution in [1.82, 2.24) is 10.2 Å². The highest BCUT2D eigenvalue weighted by Gasteiger charge is 2.16. The molecule has 106 valence electrons. The molecule has 1 rings (SSSR count). The van der Waals surface area contributed by atoms with Crippen molar-refractivity contribution in [3.63, 3.8) is 0 Å². The topological polar surface area (TPSA) is 108 Å². The molecular formula is C11H18N4O3S. The van der Waals surface area contributed by atoms with Crippen molar-refractivity contribution in [2.24, 2.45) is 0 Å². The zero-order valence-electron chi connectivity index (χ0n) is 11.2. The summed E-state index contributed by atoms with van der Waals surface area (Å²) in [6, 6.07) is 1.97. The van der Waals surface area contributed by atoms with E-state index in [4.69, 9.17) is 10.00 Å². The van der Waals surface area contributed by atoms with Crippen LogP contribution in [0.4, 0.5) is 5.82 Å². The van der Waals surface area contributed by atoms with Crippen LogP contribution < -0.4 is 10.1 Å². The number of hydrogen-bond donors (Lipinski definition) is 2. The van der Waals surface area contributed by atoms with E-state index in [1.54, 1.807) is 13.8 Å². The Morgan fingerprint density at radius 2 is 2.21 bits per heavy atom. The van der Waals surface area contributed by atoms with Gasteiger partial charge in [0.1, 0.15) is 11.9 Å². The lowest BCUT2D eigenvalue weighted by atomic mass is 10.3. The number of sulfone groups is 1. The maximum Gasteiger partial charge on any atom is 0.252 e. The molecule has 0 aromatic carbocycles. The molecule has 0 atom stereocenters. The van der Waals surface area contributed by atoms with E-state index in [1.807, 2.05) is 6.07 Å². The molecule has 19 heavy (non-hydrogen) atoms. The molecule has 0 bridgehead atoms. The lowest BCUT2D eigenvalue weighted by molar-refractivity contribution is 0.396. The summed E-state index contributed by atoms with van der Waals surface area (Å²) in [7, 11) is -1.60. The molecule has 0 radical (unpaired) electrons. The third-order valence-corrected chi connectivity index (χ3v) is 4.96. The number of anilines is 1. The Morgan fingerprint density at radius 3 is 2.74 bits per heavy atom. The van der Waals surface area contributed by atoms with Gasteiger partial charge >= 0.3 is 0 Å². The van der Waals surface area contributed by atoms with Crippen LogP contribution in [0.2, 0.25) is 0 Å². The van der Waals surface area contributed by atoms with E-state index in [0.717, 1.165) is 0 Å². The number of aromatic nitrogens is 2. The van der Waals surface area contributed by atoms with E-state index >= 15 is 0 Å². The number of nitrogens with one attached hydrogen (secondary N) is 2. The second-order valence-electron chi connectivity index (χ2n) is 4.29. The number of hydrogen-bond acceptors (Lipinski definition) is 6. The van der Waals surface area contributed by atoms with Gasteiger partial charge in [0.15, 0.2) is 15.4 Å². The van der Waals surface area contributed by atoms with Crippen LogP contribution in [0.15, 0.2) is 0 Å². The summed E-state index contributed by atoms with van der Waals surface area (Å²) in [4.78, 5) is 0. The summed E-state index contributed by atoms with van der Waals surface area (Å²) in [5.41, 5.74) is 0.286. The Labute approximate surface area is 112 Å². The first kappa shape index (κ1) is 15.3. The normalized spacial score (nSPS) is 11.3. The minimum Gasteiger partial charge on any atom is -0.479 e. The number of nitriles is 1. The molecule has 0 saturated carbocycles. The molecule has 1 heterocycles. The molecule has 2 N–H and O–H groups in total. The van der Waals surface area contributed by atoms with Crippen molar-refractivity contribution in [2.45, 2.75) is 25.5 Å². The first-order valence-electron chi connectivity index (χ1n) is 5.90. The highest BCUT2D eigenvalue weighted by Crippen LogP contribution is 2.21. The van der Waals surface area contributed by atoms with E-state index in [1.165, 1.54) is 7.11 Å². The number of nitrogens with zero attached hydrogens (tertiary/aromatic N) is 2. The van der Waals surface area contributed by atoms with Crippen molar-refractivity contribution in [2.75, 3.05) is 24.7 Å². The molecule has 0 aliphatic rings. The molecule has 0 saturated heterocycles. The average molecular weight is 286 g/mol. The quantitative estimate of drug-likeness (QED) is 0.721. The van der Waals surface area contributed by atoms with Gasteiger partial charge in [-0.3, -0.25) is 5.10 Å². The number of aromatic amines is 1. The molecule has 7 nitrogen and oxygen atoms in total. The summed E-state index contributed by atoms with van der Waals surface area (Å²) in [5.74, 6) is 0.784. The Kier molecular flexibility index (Phi) is 5.18. The lowest BCUT2D eigenvalue weighted by Crippen LogP contribution is -2.19. The third-order valence-electron chi connectivity index (χ3n) is 2.66. The summed E-state index contributed by atoms with van der Waals surface area (Å²) >= 11 is 0. The van der Waals surface area contributed by atoms with Crippen LogP contribution in [-0.4, -0.2) is 43.3 Å². The Bertz CT molecular complexity index is 557. The first-order chi connectivity index (χ1) is 8.92. The monoisotopic (exact) mass is 286 g/mol. The second kappa shape index (κ2) is 6.43. The van der Waals surface area contributed by atoms with Gasteiger partial charge < -0.3 is 10.1 Å². The maximum absolute atomic E-state index is 11.6. The number of rotatable bonds is 7. The van der Waals surface area contributed by atoms with Crippen molar-refractivity contribution >= 4 is 15.7 Å². The van der Waals surface area contributed by atoms with Crippen molar-refractivity contribution in [1.29, 1.82) is 5.26 Å². The van der Waals surface area contributed by atoms with Crippen LogP contribution in [0.5, 0.6) is 5.88 Å². The molecule has 0 aliphatic heterocycles. The highest BCUT2D eigenvalue weighted by molar-refractivity contribution is 7.91. The predicted molar refractivity (Wildman–Crippen MR) is 71.9 cm³/mol. The molecule has 0 unspecified atom stereocenters. The SMILES string of the molecule is COc1n[nH]c(NCCCS(=O)(=O)C(C)C)c1C#N. The average Bonchev–Trinajstić information content (AvgIpc) is 2.76. The van der Waals surface area contributed by atoms with E-state index in [2.05, 4.69) is 15.5 Å². The van der Waals surface area contributed by atoms with Gasteiger partial charge in [0, 0.05) is 6.54 Å². The lowest BCUT2D eigenvalue weighted by Gasteiger charge is -2.08. The summed E-state index contributed by atoms with van der Waals surface area (Å²) < 4.78 is 28.1. The van der Waals surface area contributed by atoms with Gasteiger partial charge in [-0.2, -0.15) is 5.26 Å². The molecule has 8 heteroatoms. The van der Waals surface area contributed by atoms with E-state index in [0.29, 0.717) is 18.8 Å². The summed E-state index contributed by atoms with van der Waals surface area (Å²) in [6.07, 6.45) is 0.465.